The molecule has 0 spiro atoms. The summed E-state index contributed by atoms with van der Waals surface area (Å²) in [4.78, 5) is 4.18. The Morgan fingerprint density at radius 3 is 3.15 bits per heavy atom. The van der Waals surface area contributed by atoms with Gasteiger partial charge in [0.1, 0.15) is 0 Å². The van der Waals surface area contributed by atoms with E-state index in [4.69, 9.17) is 5.11 Å². The number of hydrogen-bond donors (Lipinski definition) is 2. The van der Waals surface area contributed by atoms with Crippen molar-refractivity contribution in [2.24, 2.45) is 0 Å². The Morgan fingerprint density at radius 1 is 1.46 bits per heavy atom. The van der Waals surface area contributed by atoms with Crippen LogP contribution in [0, 0.1) is 0 Å². The molecule has 2 N–H and O–H groups in total. The number of nitrogens with zero attached hydrogens (tertiary/aromatic N) is 3. The number of anilines is 1. The van der Waals surface area contributed by atoms with Crippen LogP contribution < -0.4 is 5.32 Å². The van der Waals surface area contributed by atoms with Crippen LogP contribution in [0.15, 0.2) is 24.4 Å². The number of hydrogen-bond acceptors (Lipinski definition) is 4. The molecule has 2 aromatic heterocycles. The molecule has 0 aromatic carbocycles. The van der Waals surface area contributed by atoms with Gasteiger partial charge in [-0.25, -0.2) is 4.52 Å². The molecule has 0 bridgehead atoms. The van der Waals surface area contributed by atoms with Gasteiger partial charge in [-0.05, 0) is 12.1 Å². The third-order valence-corrected chi connectivity index (χ3v) is 1.64. The molecule has 0 aliphatic carbocycles. The lowest BCUT2D eigenvalue weighted by atomic mass is 10.5. The zero-order chi connectivity index (χ0) is 9.10. The van der Waals surface area contributed by atoms with Crippen molar-refractivity contribution in [1.29, 1.82) is 0 Å². The SMILES string of the molecule is OCCNc1nc2ccccn2n1. The Morgan fingerprint density at radius 2 is 2.38 bits per heavy atom. The summed E-state index contributed by atoms with van der Waals surface area (Å²) < 4.78 is 1.68. The summed E-state index contributed by atoms with van der Waals surface area (Å²) >= 11 is 0. The van der Waals surface area contributed by atoms with Crippen LogP contribution in [0.4, 0.5) is 5.95 Å². The lowest BCUT2D eigenvalue weighted by molar-refractivity contribution is 0.311. The average molecular weight is 178 g/mol. The standard InChI is InChI=1S/C8H10N4O/c13-6-4-9-8-10-7-3-1-2-5-12(7)11-8/h1-3,5,13H,4,6H2,(H,9,11). The van der Waals surface area contributed by atoms with Crippen molar-refractivity contribution in [2.45, 2.75) is 0 Å². The van der Waals surface area contributed by atoms with E-state index in [2.05, 4.69) is 15.4 Å². The highest BCUT2D eigenvalue weighted by molar-refractivity contribution is 5.42. The second-order valence-electron chi connectivity index (χ2n) is 2.59. The van der Waals surface area contributed by atoms with Gasteiger partial charge < -0.3 is 10.4 Å². The maximum absolute atomic E-state index is 8.58. The van der Waals surface area contributed by atoms with Gasteiger partial charge in [0, 0.05) is 12.7 Å². The highest BCUT2D eigenvalue weighted by atomic mass is 16.3. The topological polar surface area (TPSA) is 62.5 Å². The zero-order valence-electron chi connectivity index (χ0n) is 7.01. The van der Waals surface area contributed by atoms with E-state index >= 15 is 0 Å². The lowest BCUT2D eigenvalue weighted by Gasteiger charge is -1.94. The molecule has 0 atom stereocenters. The Labute approximate surface area is 75.0 Å². The predicted molar refractivity (Wildman–Crippen MR) is 48.6 cm³/mol. The van der Waals surface area contributed by atoms with Gasteiger partial charge in [0.2, 0.25) is 5.95 Å². The van der Waals surface area contributed by atoms with E-state index in [-0.39, 0.29) is 6.61 Å². The van der Waals surface area contributed by atoms with Crippen LogP contribution in [-0.2, 0) is 0 Å². The monoisotopic (exact) mass is 178 g/mol. The van der Waals surface area contributed by atoms with Crippen molar-refractivity contribution in [3.8, 4) is 0 Å². The van der Waals surface area contributed by atoms with Crippen LogP contribution in [0.1, 0.15) is 0 Å². The molecule has 5 heteroatoms. The van der Waals surface area contributed by atoms with Crippen LogP contribution in [0.2, 0.25) is 0 Å². The molecule has 13 heavy (non-hydrogen) atoms. The van der Waals surface area contributed by atoms with Gasteiger partial charge in [-0.3, -0.25) is 0 Å². The summed E-state index contributed by atoms with van der Waals surface area (Å²) in [5, 5.41) is 15.6. The molecule has 5 nitrogen and oxygen atoms in total. The zero-order valence-corrected chi connectivity index (χ0v) is 7.01. The summed E-state index contributed by atoms with van der Waals surface area (Å²) in [5.41, 5.74) is 0.794. The number of aromatic nitrogens is 3. The highest BCUT2D eigenvalue weighted by Gasteiger charge is 1.99. The minimum absolute atomic E-state index is 0.0789. The molecule has 0 aliphatic heterocycles. The average Bonchev–Trinajstić information content (AvgIpc) is 2.57. The van der Waals surface area contributed by atoms with Crippen molar-refractivity contribution in [2.75, 3.05) is 18.5 Å². The molecule has 0 radical (unpaired) electrons. The molecule has 2 rings (SSSR count). The molecule has 2 aromatic rings. The van der Waals surface area contributed by atoms with Gasteiger partial charge in [-0.1, -0.05) is 6.07 Å². The Balaban J connectivity index is 2.28. The van der Waals surface area contributed by atoms with Gasteiger partial charge in [0.05, 0.1) is 6.61 Å². The Kier molecular flexibility index (Phi) is 2.09. The van der Waals surface area contributed by atoms with E-state index in [9.17, 15) is 0 Å². The Hall–Kier alpha value is -1.62. The van der Waals surface area contributed by atoms with Crippen molar-refractivity contribution in [1.82, 2.24) is 14.6 Å². The number of fused-ring (bicyclic) bond motifs is 1. The van der Waals surface area contributed by atoms with Crippen molar-refractivity contribution < 1.29 is 5.11 Å². The molecule has 0 amide bonds. The van der Waals surface area contributed by atoms with Crippen molar-refractivity contribution >= 4 is 11.6 Å². The molecule has 2 heterocycles. The third-order valence-electron chi connectivity index (χ3n) is 1.64. The van der Waals surface area contributed by atoms with Gasteiger partial charge >= 0.3 is 0 Å². The first kappa shape index (κ1) is 8.00. The van der Waals surface area contributed by atoms with Crippen molar-refractivity contribution in [3.05, 3.63) is 24.4 Å². The minimum atomic E-state index is 0.0789. The van der Waals surface area contributed by atoms with Crippen LogP contribution in [0.3, 0.4) is 0 Å². The second kappa shape index (κ2) is 3.40. The summed E-state index contributed by atoms with van der Waals surface area (Å²) in [6, 6.07) is 5.66. The number of nitrogens with one attached hydrogen (secondary N) is 1. The van der Waals surface area contributed by atoms with Crippen LogP contribution in [0.5, 0.6) is 0 Å². The van der Waals surface area contributed by atoms with Crippen LogP contribution in [-0.4, -0.2) is 32.9 Å². The molecule has 0 unspecified atom stereocenters. The van der Waals surface area contributed by atoms with Gasteiger partial charge in [0.15, 0.2) is 5.65 Å². The summed E-state index contributed by atoms with van der Waals surface area (Å²) in [5.74, 6) is 0.542. The maximum Gasteiger partial charge on any atom is 0.243 e. The molecular weight excluding hydrogens is 168 g/mol. The second-order valence-corrected chi connectivity index (χ2v) is 2.59. The van der Waals surface area contributed by atoms with E-state index in [1.807, 2.05) is 24.4 Å². The first-order valence-corrected chi connectivity index (χ1v) is 4.06. The molecule has 0 saturated carbocycles. The first-order valence-electron chi connectivity index (χ1n) is 4.06. The number of aliphatic hydroxyl groups excluding tert-OH is 1. The fraction of sp³-hybridized carbons (Fsp3) is 0.250. The van der Waals surface area contributed by atoms with Gasteiger partial charge in [-0.2, -0.15) is 4.98 Å². The summed E-state index contributed by atoms with van der Waals surface area (Å²) in [7, 11) is 0. The molecule has 0 aliphatic rings. The smallest absolute Gasteiger partial charge is 0.243 e. The lowest BCUT2D eigenvalue weighted by Crippen LogP contribution is -2.06. The fourth-order valence-electron chi connectivity index (χ4n) is 1.07. The number of rotatable bonds is 3. The Bertz CT molecular complexity index is 365. The van der Waals surface area contributed by atoms with E-state index in [0.717, 1.165) is 5.65 Å². The largest absolute Gasteiger partial charge is 0.395 e. The predicted octanol–water partition coefficient (Wildman–Crippen LogP) is 0.133. The quantitative estimate of drug-likeness (QED) is 0.701. The van der Waals surface area contributed by atoms with Gasteiger partial charge in [-0.15, -0.1) is 5.10 Å². The van der Waals surface area contributed by atoms with E-state index < -0.39 is 0 Å². The molecule has 68 valence electrons. The fourth-order valence-corrected chi connectivity index (χ4v) is 1.07. The maximum atomic E-state index is 8.58. The minimum Gasteiger partial charge on any atom is -0.395 e. The summed E-state index contributed by atoms with van der Waals surface area (Å²) in [6.45, 7) is 0.548. The van der Waals surface area contributed by atoms with E-state index in [1.54, 1.807) is 4.52 Å². The van der Waals surface area contributed by atoms with Crippen LogP contribution >= 0.6 is 0 Å². The highest BCUT2D eigenvalue weighted by Crippen LogP contribution is 2.03. The van der Waals surface area contributed by atoms with Gasteiger partial charge in [0.25, 0.3) is 0 Å². The van der Waals surface area contributed by atoms with Crippen LogP contribution in [0.25, 0.3) is 5.65 Å². The number of pyridine rings is 1. The van der Waals surface area contributed by atoms with Crippen molar-refractivity contribution in [3.63, 3.8) is 0 Å². The van der Waals surface area contributed by atoms with E-state index in [1.165, 1.54) is 0 Å². The van der Waals surface area contributed by atoms with E-state index in [0.29, 0.717) is 12.5 Å². The summed E-state index contributed by atoms with van der Waals surface area (Å²) in [6.07, 6.45) is 1.83. The normalized spacial score (nSPS) is 10.5. The molecule has 0 fully saturated rings. The first-order chi connectivity index (χ1) is 6.40. The molecular formula is C8H10N4O. The molecule has 0 saturated heterocycles. The third kappa shape index (κ3) is 1.59. The number of aliphatic hydroxyl groups is 1.